The van der Waals surface area contributed by atoms with E-state index in [0.29, 0.717) is 6.54 Å². The molecular formula is C20H26N4O3. The van der Waals surface area contributed by atoms with Crippen molar-refractivity contribution in [1.29, 1.82) is 0 Å². The van der Waals surface area contributed by atoms with E-state index in [9.17, 15) is 4.79 Å². The van der Waals surface area contributed by atoms with Crippen LogP contribution in [0.15, 0.2) is 42.7 Å². The maximum atomic E-state index is 12.3. The van der Waals surface area contributed by atoms with Crippen LogP contribution in [0, 0.1) is 0 Å². The first-order chi connectivity index (χ1) is 13.2. The number of rotatable bonds is 6. The molecule has 0 bridgehead atoms. The van der Waals surface area contributed by atoms with Crippen molar-refractivity contribution in [1.82, 2.24) is 20.1 Å². The number of carbonyl (C=O) groups excluding carboxylic acids is 1. The first kappa shape index (κ1) is 19.0. The largest absolute Gasteiger partial charge is 0.493 e. The fraction of sp³-hybridized carbons (Fsp3) is 0.400. The van der Waals surface area contributed by atoms with Gasteiger partial charge in [-0.1, -0.05) is 6.07 Å². The molecule has 0 spiro atoms. The summed E-state index contributed by atoms with van der Waals surface area (Å²) in [5, 5.41) is 2.97. The Balaban J connectivity index is 1.46. The van der Waals surface area contributed by atoms with Crippen molar-refractivity contribution in [2.24, 2.45) is 0 Å². The third-order valence-electron chi connectivity index (χ3n) is 4.71. The van der Waals surface area contributed by atoms with Gasteiger partial charge in [-0.3, -0.25) is 9.88 Å². The highest BCUT2D eigenvalue weighted by Crippen LogP contribution is 2.28. The molecule has 1 aromatic carbocycles. The van der Waals surface area contributed by atoms with Crippen molar-refractivity contribution in [3.8, 4) is 11.5 Å². The minimum absolute atomic E-state index is 0.0161. The molecule has 0 unspecified atom stereocenters. The molecule has 2 amide bonds. The van der Waals surface area contributed by atoms with Gasteiger partial charge in [-0.2, -0.15) is 0 Å². The number of piperazine rings is 1. The molecule has 0 saturated carbocycles. The van der Waals surface area contributed by atoms with Crippen LogP contribution in [0.25, 0.3) is 0 Å². The summed E-state index contributed by atoms with van der Waals surface area (Å²) in [7, 11) is 3.28. The van der Waals surface area contributed by atoms with E-state index in [2.05, 4.69) is 21.3 Å². The van der Waals surface area contributed by atoms with Gasteiger partial charge in [0.15, 0.2) is 11.5 Å². The van der Waals surface area contributed by atoms with Gasteiger partial charge < -0.3 is 19.7 Å². The second kappa shape index (κ2) is 9.23. The second-order valence-corrected chi connectivity index (χ2v) is 6.47. The number of hydrogen-bond acceptors (Lipinski definition) is 5. The number of urea groups is 1. The molecule has 0 aliphatic carbocycles. The monoisotopic (exact) mass is 370 g/mol. The van der Waals surface area contributed by atoms with Crippen molar-refractivity contribution >= 4 is 6.03 Å². The molecule has 3 rings (SSSR count). The molecule has 7 heteroatoms. The Morgan fingerprint density at radius 2 is 1.70 bits per heavy atom. The van der Waals surface area contributed by atoms with Crippen LogP contribution in [0.1, 0.15) is 11.1 Å². The molecule has 1 aromatic heterocycles. The van der Waals surface area contributed by atoms with Crippen LogP contribution in [0.5, 0.6) is 11.5 Å². The highest BCUT2D eigenvalue weighted by atomic mass is 16.5. The standard InChI is InChI=1S/C20H26N4O3/c1-26-18-4-3-17(13-19(18)27-2)15-23-9-11-24(12-10-23)20(25)22-14-16-5-7-21-8-6-16/h3-8,13H,9-12,14-15H2,1-2H3,(H,22,25). The van der Waals surface area contributed by atoms with E-state index in [1.807, 2.05) is 29.2 Å². The second-order valence-electron chi connectivity index (χ2n) is 6.47. The molecular weight excluding hydrogens is 344 g/mol. The van der Waals surface area contributed by atoms with Gasteiger partial charge in [0.1, 0.15) is 0 Å². The summed E-state index contributed by atoms with van der Waals surface area (Å²) < 4.78 is 10.7. The van der Waals surface area contributed by atoms with Crippen LogP contribution in [0.4, 0.5) is 4.79 Å². The number of nitrogens with one attached hydrogen (secondary N) is 1. The zero-order valence-electron chi connectivity index (χ0n) is 15.9. The van der Waals surface area contributed by atoms with Crippen molar-refractivity contribution < 1.29 is 14.3 Å². The maximum Gasteiger partial charge on any atom is 0.317 e. The van der Waals surface area contributed by atoms with E-state index in [0.717, 1.165) is 49.8 Å². The Morgan fingerprint density at radius 3 is 2.37 bits per heavy atom. The van der Waals surface area contributed by atoms with Gasteiger partial charge in [-0.05, 0) is 35.4 Å². The van der Waals surface area contributed by atoms with Crippen LogP contribution < -0.4 is 14.8 Å². The molecule has 2 heterocycles. The number of hydrogen-bond donors (Lipinski definition) is 1. The number of pyridine rings is 1. The Morgan fingerprint density at radius 1 is 1.00 bits per heavy atom. The van der Waals surface area contributed by atoms with Gasteiger partial charge in [-0.15, -0.1) is 0 Å². The number of benzene rings is 1. The van der Waals surface area contributed by atoms with Crippen LogP contribution in [-0.2, 0) is 13.1 Å². The van der Waals surface area contributed by atoms with E-state index in [1.165, 1.54) is 5.56 Å². The molecule has 1 aliphatic rings. The highest BCUT2D eigenvalue weighted by Gasteiger charge is 2.21. The summed E-state index contributed by atoms with van der Waals surface area (Å²) in [5.41, 5.74) is 2.22. The molecule has 1 N–H and O–H groups in total. The van der Waals surface area contributed by atoms with Crippen molar-refractivity contribution in [3.63, 3.8) is 0 Å². The Kier molecular flexibility index (Phi) is 6.49. The number of ether oxygens (including phenoxy) is 2. The molecule has 27 heavy (non-hydrogen) atoms. The molecule has 1 aliphatic heterocycles. The smallest absolute Gasteiger partial charge is 0.317 e. The fourth-order valence-electron chi connectivity index (χ4n) is 3.14. The molecule has 144 valence electrons. The van der Waals surface area contributed by atoms with Gasteiger partial charge in [0.05, 0.1) is 14.2 Å². The first-order valence-corrected chi connectivity index (χ1v) is 9.04. The van der Waals surface area contributed by atoms with Gasteiger partial charge in [0, 0.05) is 51.7 Å². The third-order valence-corrected chi connectivity index (χ3v) is 4.71. The molecule has 7 nitrogen and oxygen atoms in total. The number of nitrogens with zero attached hydrogens (tertiary/aromatic N) is 3. The van der Waals surface area contributed by atoms with Crippen LogP contribution >= 0.6 is 0 Å². The van der Waals surface area contributed by atoms with Gasteiger partial charge in [0.2, 0.25) is 0 Å². The molecule has 2 aromatic rings. The topological polar surface area (TPSA) is 66.9 Å². The lowest BCUT2D eigenvalue weighted by Crippen LogP contribution is -2.51. The lowest BCUT2D eigenvalue weighted by atomic mass is 10.1. The summed E-state index contributed by atoms with van der Waals surface area (Å²) in [5.74, 6) is 1.47. The van der Waals surface area contributed by atoms with Gasteiger partial charge in [0.25, 0.3) is 0 Å². The van der Waals surface area contributed by atoms with Gasteiger partial charge in [-0.25, -0.2) is 4.79 Å². The first-order valence-electron chi connectivity index (χ1n) is 9.04. The number of methoxy groups -OCH3 is 2. The zero-order valence-corrected chi connectivity index (χ0v) is 15.9. The SMILES string of the molecule is COc1ccc(CN2CCN(C(=O)NCc3ccncc3)CC2)cc1OC. The minimum Gasteiger partial charge on any atom is -0.493 e. The maximum absolute atomic E-state index is 12.3. The van der Waals surface area contributed by atoms with Crippen molar-refractivity contribution in [2.75, 3.05) is 40.4 Å². The highest BCUT2D eigenvalue weighted by molar-refractivity contribution is 5.74. The van der Waals surface area contributed by atoms with Gasteiger partial charge >= 0.3 is 6.03 Å². The Labute approximate surface area is 159 Å². The zero-order chi connectivity index (χ0) is 19.1. The lowest BCUT2D eigenvalue weighted by molar-refractivity contribution is 0.135. The summed E-state index contributed by atoms with van der Waals surface area (Å²) in [6, 6.07) is 9.78. The Bertz CT molecular complexity index is 746. The quantitative estimate of drug-likeness (QED) is 0.844. The molecule has 0 radical (unpaired) electrons. The van der Waals surface area contributed by atoms with E-state index in [4.69, 9.17) is 9.47 Å². The van der Waals surface area contributed by atoms with E-state index in [-0.39, 0.29) is 6.03 Å². The molecule has 0 atom stereocenters. The summed E-state index contributed by atoms with van der Waals surface area (Å²) in [4.78, 5) is 20.5. The summed E-state index contributed by atoms with van der Waals surface area (Å²) in [6.45, 7) is 4.47. The van der Waals surface area contributed by atoms with Crippen LogP contribution in [0.3, 0.4) is 0 Å². The fourth-order valence-corrected chi connectivity index (χ4v) is 3.14. The van der Waals surface area contributed by atoms with E-state index < -0.39 is 0 Å². The van der Waals surface area contributed by atoms with Crippen LogP contribution in [0.2, 0.25) is 0 Å². The molecule has 1 fully saturated rings. The lowest BCUT2D eigenvalue weighted by Gasteiger charge is -2.34. The Hall–Kier alpha value is -2.80. The average molecular weight is 370 g/mol. The third kappa shape index (κ3) is 5.10. The predicted octanol–water partition coefficient (Wildman–Crippen LogP) is 2.13. The average Bonchev–Trinajstić information content (AvgIpc) is 2.73. The normalized spacial score (nSPS) is 14.7. The van der Waals surface area contributed by atoms with Crippen LogP contribution in [-0.4, -0.2) is 61.2 Å². The minimum atomic E-state index is -0.0161. The van der Waals surface area contributed by atoms with E-state index in [1.54, 1.807) is 26.6 Å². The number of amides is 2. The number of aromatic nitrogens is 1. The van der Waals surface area contributed by atoms with E-state index >= 15 is 0 Å². The van der Waals surface area contributed by atoms with Crippen molar-refractivity contribution in [3.05, 3.63) is 53.9 Å². The molecule has 1 saturated heterocycles. The van der Waals surface area contributed by atoms with Crippen molar-refractivity contribution in [2.45, 2.75) is 13.1 Å². The summed E-state index contributed by atoms with van der Waals surface area (Å²) >= 11 is 0. The predicted molar refractivity (Wildman–Crippen MR) is 103 cm³/mol. The number of carbonyl (C=O) groups is 1. The summed E-state index contributed by atoms with van der Waals surface area (Å²) in [6.07, 6.45) is 3.46.